The van der Waals surface area contributed by atoms with Gasteiger partial charge in [-0.1, -0.05) is 6.92 Å². The first-order chi connectivity index (χ1) is 11.3. The van der Waals surface area contributed by atoms with E-state index < -0.39 is 0 Å². The molecule has 2 rings (SSSR count). The minimum absolute atomic E-state index is 0. The Morgan fingerprint density at radius 3 is 2.92 bits per heavy atom. The van der Waals surface area contributed by atoms with Gasteiger partial charge in [0.05, 0.1) is 12.9 Å². The second kappa shape index (κ2) is 11.8. The summed E-state index contributed by atoms with van der Waals surface area (Å²) in [6, 6.07) is 3.76. The lowest BCUT2D eigenvalue weighted by Gasteiger charge is -2.13. The predicted octanol–water partition coefficient (Wildman–Crippen LogP) is 1.43. The zero-order valence-electron chi connectivity index (χ0n) is 14.1. The fraction of sp³-hybridized carbons (Fsp3) is 0.533. The molecule has 134 valence electrons. The second-order valence-corrected chi connectivity index (χ2v) is 4.88. The summed E-state index contributed by atoms with van der Waals surface area (Å²) < 4.78 is 12.4. The van der Waals surface area contributed by atoms with Gasteiger partial charge in [-0.25, -0.2) is 4.99 Å². The number of hydrogen-bond donors (Lipinski definition) is 2. The molecule has 0 radical (unpaired) electrons. The van der Waals surface area contributed by atoms with Crippen molar-refractivity contribution in [3.63, 3.8) is 0 Å². The SMILES string of the molecule is CCc1nncn1CCNC(=NCc1ccco1)NCCOC.I. The van der Waals surface area contributed by atoms with Crippen LogP contribution < -0.4 is 10.6 Å². The number of aromatic nitrogens is 3. The van der Waals surface area contributed by atoms with Crippen LogP contribution >= 0.6 is 24.0 Å². The van der Waals surface area contributed by atoms with Crippen LogP contribution in [0.1, 0.15) is 18.5 Å². The van der Waals surface area contributed by atoms with E-state index in [1.165, 1.54) is 0 Å². The molecule has 0 aromatic carbocycles. The van der Waals surface area contributed by atoms with Crippen molar-refractivity contribution in [1.82, 2.24) is 25.4 Å². The van der Waals surface area contributed by atoms with Gasteiger partial charge in [0.1, 0.15) is 24.5 Å². The maximum atomic E-state index is 5.30. The fourth-order valence-electron chi connectivity index (χ4n) is 2.04. The summed E-state index contributed by atoms with van der Waals surface area (Å²) >= 11 is 0. The Balaban J connectivity index is 0.00000288. The lowest BCUT2D eigenvalue weighted by atomic mass is 10.4. The van der Waals surface area contributed by atoms with E-state index >= 15 is 0 Å². The second-order valence-electron chi connectivity index (χ2n) is 4.88. The summed E-state index contributed by atoms with van der Waals surface area (Å²) in [4.78, 5) is 4.50. The largest absolute Gasteiger partial charge is 0.467 e. The highest BCUT2D eigenvalue weighted by Crippen LogP contribution is 2.01. The summed E-state index contributed by atoms with van der Waals surface area (Å²) in [5.74, 6) is 2.53. The number of aliphatic imine (C=N–C) groups is 1. The fourth-order valence-corrected chi connectivity index (χ4v) is 2.04. The van der Waals surface area contributed by atoms with E-state index in [-0.39, 0.29) is 24.0 Å². The molecule has 0 aliphatic heterocycles. The van der Waals surface area contributed by atoms with Gasteiger partial charge < -0.3 is 24.4 Å². The highest BCUT2D eigenvalue weighted by atomic mass is 127. The normalized spacial score (nSPS) is 11.2. The Labute approximate surface area is 159 Å². The maximum Gasteiger partial charge on any atom is 0.191 e. The summed E-state index contributed by atoms with van der Waals surface area (Å²) in [6.45, 7) is 5.36. The first-order valence-corrected chi connectivity index (χ1v) is 7.73. The van der Waals surface area contributed by atoms with Gasteiger partial charge in [-0.05, 0) is 12.1 Å². The Morgan fingerprint density at radius 1 is 1.38 bits per heavy atom. The zero-order chi connectivity index (χ0) is 16.3. The molecule has 0 bridgehead atoms. The van der Waals surface area contributed by atoms with Gasteiger partial charge in [-0.15, -0.1) is 34.2 Å². The van der Waals surface area contributed by atoms with Crippen LogP contribution in [-0.2, 0) is 24.2 Å². The van der Waals surface area contributed by atoms with E-state index in [1.54, 1.807) is 19.7 Å². The van der Waals surface area contributed by atoms with Gasteiger partial charge in [-0.2, -0.15) is 0 Å². The van der Waals surface area contributed by atoms with Crippen molar-refractivity contribution in [2.45, 2.75) is 26.4 Å². The Hall–Kier alpha value is -1.62. The molecule has 0 spiro atoms. The van der Waals surface area contributed by atoms with Crippen molar-refractivity contribution in [2.75, 3.05) is 26.8 Å². The molecule has 2 aromatic rings. The summed E-state index contributed by atoms with van der Waals surface area (Å²) in [6.07, 6.45) is 4.26. The molecule has 9 heteroatoms. The predicted molar refractivity (Wildman–Crippen MR) is 103 cm³/mol. The summed E-state index contributed by atoms with van der Waals surface area (Å²) in [5, 5.41) is 14.5. The Kier molecular flexibility index (Phi) is 10.1. The quantitative estimate of drug-likeness (QED) is 0.261. The molecule has 0 atom stereocenters. The number of nitrogens with zero attached hydrogens (tertiary/aromatic N) is 4. The molecule has 0 aliphatic carbocycles. The number of aryl methyl sites for hydroxylation is 1. The van der Waals surface area contributed by atoms with Gasteiger partial charge >= 0.3 is 0 Å². The van der Waals surface area contributed by atoms with Crippen LogP contribution in [0.2, 0.25) is 0 Å². The lowest BCUT2D eigenvalue weighted by molar-refractivity contribution is 0.203. The zero-order valence-corrected chi connectivity index (χ0v) is 16.4. The average molecular weight is 448 g/mol. The number of nitrogens with one attached hydrogen (secondary N) is 2. The number of furan rings is 1. The summed E-state index contributed by atoms with van der Waals surface area (Å²) in [5.41, 5.74) is 0. The third kappa shape index (κ3) is 6.87. The first-order valence-electron chi connectivity index (χ1n) is 7.73. The van der Waals surface area contributed by atoms with E-state index in [0.29, 0.717) is 19.7 Å². The highest BCUT2D eigenvalue weighted by Gasteiger charge is 2.03. The molecule has 2 N–H and O–H groups in total. The van der Waals surface area contributed by atoms with Gasteiger partial charge in [0.15, 0.2) is 5.96 Å². The van der Waals surface area contributed by atoms with Gasteiger partial charge in [-0.3, -0.25) is 0 Å². The molecule has 8 nitrogen and oxygen atoms in total. The third-order valence-electron chi connectivity index (χ3n) is 3.23. The average Bonchev–Trinajstić information content (AvgIpc) is 3.23. The molecular formula is C15H25IN6O2. The van der Waals surface area contributed by atoms with Crippen LogP contribution in [0.25, 0.3) is 0 Å². The van der Waals surface area contributed by atoms with Crippen LogP contribution in [0.15, 0.2) is 34.1 Å². The number of halogens is 1. The van der Waals surface area contributed by atoms with E-state index in [2.05, 4.69) is 32.7 Å². The molecule has 0 amide bonds. The van der Waals surface area contributed by atoms with Crippen molar-refractivity contribution >= 4 is 29.9 Å². The number of ether oxygens (including phenoxy) is 1. The molecule has 2 aromatic heterocycles. The molecule has 2 heterocycles. The molecule has 0 saturated heterocycles. The van der Waals surface area contributed by atoms with Crippen molar-refractivity contribution in [2.24, 2.45) is 4.99 Å². The lowest BCUT2D eigenvalue weighted by Crippen LogP contribution is -2.40. The molecule has 0 unspecified atom stereocenters. The van der Waals surface area contributed by atoms with Crippen LogP contribution in [0.5, 0.6) is 0 Å². The minimum atomic E-state index is 0. The summed E-state index contributed by atoms with van der Waals surface area (Å²) in [7, 11) is 1.67. The topological polar surface area (TPSA) is 89.5 Å². The monoisotopic (exact) mass is 448 g/mol. The van der Waals surface area contributed by atoms with Crippen molar-refractivity contribution in [3.05, 3.63) is 36.3 Å². The molecule has 0 saturated carbocycles. The number of methoxy groups -OCH3 is 1. The van der Waals surface area contributed by atoms with Crippen molar-refractivity contribution in [1.29, 1.82) is 0 Å². The standard InChI is InChI=1S/C15H24N6O2.HI/c1-3-14-20-19-12-21(14)8-6-16-15(17-7-10-22-2)18-11-13-5-4-9-23-13;/h4-5,9,12H,3,6-8,10-11H2,1-2H3,(H2,16,17,18);1H. The van der Waals surface area contributed by atoms with E-state index in [4.69, 9.17) is 9.15 Å². The van der Waals surface area contributed by atoms with E-state index in [0.717, 1.165) is 37.1 Å². The van der Waals surface area contributed by atoms with Crippen LogP contribution in [-0.4, -0.2) is 47.5 Å². The Bertz CT molecular complexity index is 585. The highest BCUT2D eigenvalue weighted by molar-refractivity contribution is 14.0. The number of guanidine groups is 1. The van der Waals surface area contributed by atoms with Crippen molar-refractivity contribution in [3.8, 4) is 0 Å². The van der Waals surface area contributed by atoms with E-state index in [1.807, 2.05) is 16.7 Å². The van der Waals surface area contributed by atoms with Gasteiger partial charge in [0, 0.05) is 33.2 Å². The molecular weight excluding hydrogens is 423 g/mol. The van der Waals surface area contributed by atoms with Gasteiger partial charge in [0.25, 0.3) is 0 Å². The third-order valence-corrected chi connectivity index (χ3v) is 3.23. The van der Waals surface area contributed by atoms with Crippen molar-refractivity contribution < 1.29 is 9.15 Å². The van der Waals surface area contributed by atoms with Crippen LogP contribution in [0, 0.1) is 0 Å². The van der Waals surface area contributed by atoms with Crippen LogP contribution in [0.4, 0.5) is 0 Å². The van der Waals surface area contributed by atoms with Crippen LogP contribution in [0.3, 0.4) is 0 Å². The van der Waals surface area contributed by atoms with E-state index in [9.17, 15) is 0 Å². The first kappa shape index (κ1) is 20.4. The number of rotatable bonds is 9. The molecule has 24 heavy (non-hydrogen) atoms. The smallest absolute Gasteiger partial charge is 0.191 e. The van der Waals surface area contributed by atoms with Gasteiger partial charge in [0.2, 0.25) is 0 Å². The molecule has 0 aliphatic rings. The maximum absolute atomic E-state index is 5.30. The minimum Gasteiger partial charge on any atom is -0.467 e. The molecule has 0 fully saturated rings. The Morgan fingerprint density at radius 2 is 2.21 bits per heavy atom. The number of hydrogen-bond acceptors (Lipinski definition) is 5.